The van der Waals surface area contributed by atoms with E-state index >= 15 is 0 Å². The largest absolute Gasteiger partial charge is 0.322 e. The predicted molar refractivity (Wildman–Crippen MR) is 74.2 cm³/mol. The van der Waals surface area contributed by atoms with Gasteiger partial charge in [-0.3, -0.25) is 4.90 Å². The van der Waals surface area contributed by atoms with E-state index < -0.39 is 0 Å². The standard InChI is InChI=1S/C12H17N3S2/c1-9(13)12-14-10(8-17-12)6-15(2)7-11-4-3-5-16-11/h3-5,8-9H,6-7,13H2,1-2H3. The van der Waals surface area contributed by atoms with Crippen molar-refractivity contribution in [2.45, 2.75) is 26.1 Å². The highest BCUT2D eigenvalue weighted by atomic mass is 32.1. The number of hydrogen-bond acceptors (Lipinski definition) is 5. The Kier molecular flexibility index (Phi) is 4.28. The number of aromatic nitrogens is 1. The molecule has 0 saturated heterocycles. The van der Waals surface area contributed by atoms with E-state index in [0.29, 0.717) is 0 Å². The molecule has 0 aliphatic carbocycles. The van der Waals surface area contributed by atoms with E-state index in [1.807, 2.05) is 6.92 Å². The van der Waals surface area contributed by atoms with Crippen LogP contribution in [0.25, 0.3) is 0 Å². The van der Waals surface area contributed by atoms with Crippen molar-refractivity contribution in [3.05, 3.63) is 38.5 Å². The molecule has 2 aromatic rings. The summed E-state index contributed by atoms with van der Waals surface area (Å²) in [7, 11) is 2.12. The van der Waals surface area contributed by atoms with Gasteiger partial charge in [0.1, 0.15) is 5.01 Å². The molecule has 0 bridgehead atoms. The zero-order chi connectivity index (χ0) is 12.3. The van der Waals surface area contributed by atoms with Crippen LogP contribution in [-0.4, -0.2) is 16.9 Å². The molecule has 1 unspecified atom stereocenters. The van der Waals surface area contributed by atoms with Crippen molar-refractivity contribution in [2.24, 2.45) is 5.73 Å². The first-order chi connectivity index (χ1) is 8.15. The molecule has 17 heavy (non-hydrogen) atoms. The second-order valence-corrected chi connectivity index (χ2v) is 6.14. The lowest BCUT2D eigenvalue weighted by atomic mass is 10.3. The summed E-state index contributed by atoms with van der Waals surface area (Å²) in [6.45, 7) is 3.82. The molecule has 2 N–H and O–H groups in total. The summed E-state index contributed by atoms with van der Waals surface area (Å²) >= 11 is 3.44. The van der Waals surface area contributed by atoms with Crippen molar-refractivity contribution in [1.82, 2.24) is 9.88 Å². The number of thiophene rings is 1. The lowest BCUT2D eigenvalue weighted by molar-refractivity contribution is 0.318. The van der Waals surface area contributed by atoms with Crippen molar-refractivity contribution in [2.75, 3.05) is 7.05 Å². The summed E-state index contributed by atoms with van der Waals surface area (Å²) in [5.74, 6) is 0. The van der Waals surface area contributed by atoms with Crippen LogP contribution in [-0.2, 0) is 13.1 Å². The van der Waals surface area contributed by atoms with Crippen LogP contribution in [0.15, 0.2) is 22.9 Å². The molecule has 2 heterocycles. The molecule has 0 amide bonds. The van der Waals surface area contributed by atoms with Gasteiger partial charge in [-0.15, -0.1) is 22.7 Å². The van der Waals surface area contributed by atoms with Gasteiger partial charge < -0.3 is 5.73 Å². The SMILES string of the molecule is CC(N)c1nc(CN(C)Cc2cccs2)cs1. The molecule has 0 radical (unpaired) electrons. The molecule has 0 spiro atoms. The van der Waals surface area contributed by atoms with Crippen LogP contribution >= 0.6 is 22.7 Å². The quantitative estimate of drug-likeness (QED) is 0.906. The topological polar surface area (TPSA) is 42.1 Å². The third-order valence-corrected chi connectivity index (χ3v) is 4.35. The average molecular weight is 267 g/mol. The maximum atomic E-state index is 5.80. The highest BCUT2D eigenvalue weighted by Crippen LogP contribution is 2.18. The van der Waals surface area contributed by atoms with E-state index in [1.54, 1.807) is 22.7 Å². The van der Waals surface area contributed by atoms with Crippen LogP contribution in [0.4, 0.5) is 0 Å². The number of rotatable bonds is 5. The molecule has 0 saturated carbocycles. The molecule has 92 valence electrons. The Morgan fingerprint density at radius 3 is 2.82 bits per heavy atom. The molecule has 5 heteroatoms. The predicted octanol–water partition coefficient (Wildman–Crippen LogP) is 2.86. The molecule has 0 aliphatic rings. The molecule has 0 fully saturated rings. The van der Waals surface area contributed by atoms with Gasteiger partial charge in [0.2, 0.25) is 0 Å². The fraction of sp³-hybridized carbons (Fsp3) is 0.417. The first-order valence-electron chi connectivity index (χ1n) is 5.56. The minimum Gasteiger partial charge on any atom is -0.322 e. The lowest BCUT2D eigenvalue weighted by Gasteiger charge is -2.13. The van der Waals surface area contributed by atoms with Crippen molar-refractivity contribution < 1.29 is 0 Å². The van der Waals surface area contributed by atoms with Crippen LogP contribution < -0.4 is 5.73 Å². The number of hydrogen-bond donors (Lipinski definition) is 1. The fourth-order valence-electron chi connectivity index (χ4n) is 1.61. The molecule has 3 nitrogen and oxygen atoms in total. The van der Waals surface area contributed by atoms with Gasteiger partial charge in [-0.25, -0.2) is 4.98 Å². The number of nitrogens with two attached hydrogens (primary N) is 1. The third kappa shape index (κ3) is 3.61. The molecule has 0 aliphatic heterocycles. The molecule has 2 rings (SSSR count). The Labute approximate surface area is 110 Å². The second-order valence-electron chi connectivity index (χ2n) is 4.22. The summed E-state index contributed by atoms with van der Waals surface area (Å²) in [5.41, 5.74) is 6.92. The van der Waals surface area contributed by atoms with Gasteiger partial charge in [-0.05, 0) is 25.4 Å². The summed E-state index contributed by atoms with van der Waals surface area (Å²) in [6, 6.07) is 4.29. The Morgan fingerprint density at radius 2 is 2.24 bits per heavy atom. The van der Waals surface area contributed by atoms with E-state index in [9.17, 15) is 0 Å². The average Bonchev–Trinajstić information content (AvgIpc) is 2.88. The smallest absolute Gasteiger partial charge is 0.109 e. The van der Waals surface area contributed by atoms with Crippen LogP contribution in [0.5, 0.6) is 0 Å². The van der Waals surface area contributed by atoms with Crippen LogP contribution in [0.1, 0.15) is 28.5 Å². The van der Waals surface area contributed by atoms with Gasteiger partial charge in [0.05, 0.1) is 11.7 Å². The maximum Gasteiger partial charge on any atom is 0.109 e. The van der Waals surface area contributed by atoms with E-state index in [-0.39, 0.29) is 6.04 Å². The Morgan fingerprint density at radius 1 is 1.41 bits per heavy atom. The zero-order valence-electron chi connectivity index (χ0n) is 10.1. The van der Waals surface area contributed by atoms with Gasteiger partial charge in [-0.1, -0.05) is 6.07 Å². The first-order valence-corrected chi connectivity index (χ1v) is 7.32. The maximum absolute atomic E-state index is 5.80. The molecule has 2 aromatic heterocycles. The van der Waals surface area contributed by atoms with Crippen molar-refractivity contribution in [3.8, 4) is 0 Å². The van der Waals surface area contributed by atoms with Gasteiger partial charge >= 0.3 is 0 Å². The van der Waals surface area contributed by atoms with Crippen LogP contribution in [0.2, 0.25) is 0 Å². The van der Waals surface area contributed by atoms with Crippen LogP contribution in [0, 0.1) is 0 Å². The third-order valence-electron chi connectivity index (χ3n) is 2.40. The monoisotopic (exact) mass is 267 g/mol. The minimum absolute atomic E-state index is 0.0383. The molecular formula is C12H17N3S2. The minimum atomic E-state index is 0.0383. The van der Waals surface area contributed by atoms with E-state index in [2.05, 4.69) is 39.8 Å². The Balaban J connectivity index is 1.91. The zero-order valence-corrected chi connectivity index (χ0v) is 11.7. The highest BCUT2D eigenvalue weighted by molar-refractivity contribution is 7.10. The van der Waals surface area contributed by atoms with Gasteiger partial charge in [0, 0.05) is 23.3 Å². The summed E-state index contributed by atoms with van der Waals surface area (Å²) in [6.07, 6.45) is 0. The normalized spacial score (nSPS) is 13.2. The Hall–Kier alpha value is -0.750. The first kappa shape index (κ1) is 12.7. The number of thiazole rings is 1. The van der Waals surface area contributed by atoms with Crippen molar-refractivity contribution in [3.63, 3.8) is 0 Å². The molecule has 0 aromatic carbocycles. The van der Waals surface area contributed by atoms with E-state index in [4.69, 9.17) is 5.73 Å². The number of nitrogens with zero attached hydrogens (tertiary/aromatic N) is 2. The van der Waals surface area contributed by atoms with Gasteiger partial charge in [0.25, 0.3) is 0 Å². The van der Waals surface area contributed by atoms with E-state index in [0.717, 1.165) is 23.8 Å². The summed E-state index contributed by atoms with van der Waals surface area (Å²) in [5, 5.41) is 5.23. The summed E-state index contributed by atoms with van der Waals surface area (Å²) < 4.78 is 0. The van der Waals surface area contributed by atoms with E-state index in [1.165, 1.54) is 4.88 Å². The van der Waals surface area contributed by atoms with Crippen molar-refractivity contribution in [1.29, 1.82) is 0 Å². The molecular weight excluding hydrogens is 250 g/mol. The highest BCUT2D eigenvalue weighted by Gasteiger charge is 2.08. The Bertz CT molecular complexity index is 448. The van der Waals surface area contributed by atoms with Crippen molar-refractivity contribution >= 4 is 22.7 Å². The second kappa shape index (κ2) is 5.73. The lowest BCUT2D eigenvalue weighted by Crippen LogP contribution is -2.17. The van der Waals surface area contributed by atoms with Gasteiger partial charge in [0.15, 0.2) is 0 Å². The summed E-state index contributed by atoms with van der Waals surface area (Å²) in [4.78, 5) is 8.19. The fourth-order valence-corrected chi connectivity index (χ4v) is 3.16. The molecule has 1 atom stereocenters. The van der Waals surface area contributed by atoms with Gasteiger partial charge in [-0.2, -0.15) is 0 Å². The van der Waals surface area contributed by atoms with Crippen LogP contribution in [0.3, 0.4) is 0 Å².